The van der Waals surface area contributed by atoms with Crippen LogP contribution < -0.4 is 5.32 Å². The van der Waals surface area contributed by atoms with Crippen molar-refractivity contribution in [1.29, 1.82) is 0 Å². The Bertz CT molecular complexity index is 805. The predicted molar refractivity (Wildman–Crippen MR) is 89.0 cm³/mol. The largest absolute Gasteiger partial charge is 0.463 e. The molecule has 0 aliphatic heterocycles. The highest BCUT2D eigenvalue weighted by atomic mass is 32.1. The van der Waals surface area contributed by atoms with Crippen molar-refractivity contribution in [2.24, 2.45) is 0 Å². The normalized spacial score (nSPS) is 15.3. The van der Waals surface area contributed by atoms with E-state index in [1.165, 1.54) is 0 Å². The predicted octanol–water partition coefficient (Wildman–Crippen LogP) is 3.75. The summed E-state index contributed by atoms with van der Waals surface area (Å²) in [6.07, 6.45) is 5.22. The van der Waals surface area contributed by atoms with Crippen molar-refractivity contribution in [3.63, 3.8) is 0 Å². The van der Waals surface area contributed by atoms with E-state index in [0.717, 1.165) is 29.0 Å². The van der Waals surface area contributed by atoms with Gasteiger partial charge >= 0.3 is 0 Å². The maximum Gasteiger partial charge on any atom is 0.231 e. The number of aromatic nitrogens is 1. The van der Waals surface area contributed by atoms with E-state index in [-0.39, 0.29) is 11.3 Å². The summed E-state index contributed by atoms with van der Waals surface area (Å²) >= 11 is 1.66. The fourth-order valence-corrected chi connectivity index (χ4v) is 3.81. The molecule has 5 heteroatoms. The SMILES string of the molecule is O=C(NCc1cccnc1-c1ccco1)C1(c2cccs2)CC1. The van der Waals surface area contributed by atoms with Crippen LogP contribution in [0.1, 0.15) is 23.3 Å². The second-order valence-corrected chi connectivity index (χ2v) is 6.68. The van der Waals surface area contributed by atoms with E-state index in [9.17, 15) is 4.79 Å². The van der Waals surface area contributed by atoms with E-state index in [0.29, 0.717) is 12.3 Å². The van der Waals surface area contributed by atoms with Crippen molar-refractivity contribution in [3.05, 3.63) is 64.7 Å². The molecule has 0 aromatic carbocycles. The summed E-state index contributed by atoms with van der Waals surface area (Å²) in [7, 11) is 0. The van der Waals surface area contributed by atoms with Crippen molar-refractivity contribution in [1.82, 2.24) is 10.3 Å². The van der Waals surface area contributed by atoms with E-state index in [4.69, 9.17) is 4.42 Å². The number of amides is 1. The number of hydrogen-bond acceptors (Lipinski definition) is 4. The molecule has 1 N–H and O–H groups in total. The quantitative estimate of drug-likeness (QED) is 0.777. The van der Waals surface area contributed by atoms with Gasteiger partial charge in [-0.2, -0.15) is 0 Å². The molecule has 116 valence electrons. The molecule has 1 amide bonds. The molecule has 0 saturated heterocycles. The van der Waals surface area contributed by atoms with Gasteiger partial charge in [0.1, 0.15) is 5.69 Å². The average Bonchev–Trinajstić information content (AvgIpc) is 3.02. The molecule has 23 heavy (non-hydrogen) atoms. The lowest BCUT2D eigenvalue weighted by molar-refractivity contribution is -0.123. The number of pyridine rings is 1. The maximum atomic E-state index is 12.6. The molecule has 0 radical (unpaired) electrons. The number of carbonyl (C=O) groups excluding carboxylic acids is 1. The van der Waals surface area contributed by atoms with Crippen molar-refractivity contribution >= 4 is 17.2 Å². The highest BCUT2D eigenvalue weighted by Crippen LogP contribution is 2.50. The van der Waals surface area contributed by atoms with Crippen molar-refractivity contribution < 1.29 is 9.21 Å². The summed E-state index contributed by atoms with van der Waals surface area (Å²) in [5.74, 6) is 0.823. The first kappa shape index (κ1) is 14.2. The fourth-order valence-electron chi connectivity index (χ4n) is 2.82. The van der Waals surface area contributed by atoms with Gasteiger partial charge in [-0.05, 0) is 42.5 Å². The second-order valence-electron chi connectivity index (χ2n) is 5.73. The first-order chi connectivity index (χ1) is 11.3. The van der Waals surface area contributed by atoms with E-state index in [1.54, 1.807) is 23.8 Å². The number of furan rings is 1. The van der Waals surface area contributed by atoms with Crippen LogP contribution in [-0.4, -0.2) is 10.9 Å². The summed E-state index contributed by atoms with van der Waals surface area (Å²) in [5.41, 5.74) is 1.43. The topological polar surface area (TPSA) is 55.1 Å². The molecule has 1 saturated carbocycles. The Morgan fingerprint density at radius 2 is 2.17 bits per heavy atom. The lowest BCUT2D eigenvalue weighted by Crippen LogP contribution is -2.33. The smallest absolute Gasteiger partial charge is 0.231 e. The standard InChI is InChI=1S/C18H16N2O2S/c21-17(18(7-8-18)15-6-3-11-23-15)20-12-13-4-1-9-19-16(13)14-5-2-10-22-14/h1-6,9-11H,7-8,12H2,(H,20,21). The highest BCUT2D eigenvalue weighted by molar-refractivity contribution is 7.10. The lowest BCUT2D eigenvalue weighted by Gasteiger charge is -2.14. The zero-order valence-electron chi connectivity index (χ0n) is 12.5. The highest BCUT2D eigenvalue weighted by Gasteiger charge is 2.51. The minimum Gasteiger partial charge on any atom is -0.463 e. The van der Waals surface area contributed by atoms with E-state index in [2.05, 4.69) is 16.4 Å². The van der Waals surface area contributed by atoms with E-state index >= 15 is 0 Å². The zero-order valence-corrected chi connectivity index (χ0v) is 13.3. The number of hydrogen-bond donors (Lipinski definition) is 1. The number of carbonyl (C=O) groups is 1. The molecule has 1 fully saturated rings. The minimum absolute atomic E-state index is 0.106. The molecule has 0 atom stereocenters. The number of nitrogens with zero attached hydrogens (tertiary/aromatic N) is 1. The van der Waals surface area contributed by atoms with Gasteiger partial charge in [-0.25, -0.2) is 0 Å². The van der Waals surface area contributed by atoms with Gasteiger partial charge in [-0.3, -0.25) is 9.78 Å². The van der Waals surface area contributed by atoms with Crippen LogP contribution in [0.2, 0.25) is 0 Å². The maximum absolute atomic E-state index is 12.6. The van der Waals surface area contributed by atoms with Gasteiger partial charge in [0.25, 0.3) is 0 Å². The first-order valence-corrected chi connectivity index (χ1v) is 8.48. The third-order valence-corrected chi connectivity index (χ3v) is 5.34. The van der Waals surface area contributed by atoms with Crippen LogP contribution in [0.3, 0.4) is 0 Å². The van der Waals surface area contributed by atoms with Crippen LogP contribution >= 0.6 is 11.3 Å². The van der Waals surface area contributed by atoms with Crippen LogP contribution in [0.5, 0.6) is 0 Å². The van der Waals surface area contributed by atoms with Gasteiger partial charge in [-0.15, -0.1) is 11.3 Å². The molecule has 1 aliphatic rings. The second kappa shape index (κ2) is 5.66. The van der Waals surface area contributed by atoms with Gasteiger partial charge in [-0.1, -0.05) is 12.1 Å². The monoisotopic (exact) mass is 324 g/mol. The van der Waals surface area contributed by atoms with Crippen LogP contribution in [0.15, 0.2) is 58.7 Å². The molecule has 0 spiro atoms. The van der Waals surface area contributed by atoms with Gasteiger partial charge in [0, 0.05) is 23.2 Å². The Kier molecular flexibility index (Phi) is 3.50. The molecule has 3 aromatic heterocycles. The summed E-state index contributed by atoms with van der Waals surface area (Å²) in [6.45, 7) is 0.454. The molecule has 0 bridgehead atoms. The van der Waals surface area contributed by atoms with Crippen molar-refractivity contribution in [3.8, 4) is 11.5 Å². The van der Waals surface area contributed by atoms with Crippen molar-refractivity contribution in [2.45, 2.75) is 24.8 Å². The van der Waals surface area contributed by atoms with Gasteiger partial charge < -0.3 is 9.73 Å². The molecular weight excluding hydrogens is 308 g/mol. The molecule has 4 rings (SSSR count). The Balaban J connectivity index is 1.51. The van der Waals surface area contributed by atoms with Crippen LogP contribution in [0.4, 0.5) is 0 Å². The molecule has 3 heterocycles. The summed E-state index contributed by atoms with van der Waals surface area (Å²) in [4.78, 5) is 18.2. The molecule has 0 unspecified atom stereocenters. The average molecular weight is 324 g/mol. The number of rotatable bonds is 5. The Labute approximate surface area is 138 Å². The van der Waals surface area contributed by atoms with Crippen LogP contribution in [-0.2, 0) is 16.8 Å². The van der Waals surface area contributed by atoms with Gasteiger partial charge in [0.2, 0.25) is 5.91 Å². The molecule has 4 nitrogen and oxygen atoms in total. The summed E-state index contributed by atoms with van der Waals surface area (Å²) < 4.78 is 5.43. The number of thiophene rings is 1. The molecule has 3 aromatic rings. The molecule has 1 aliphatic carbocycles. The van der Waals surface area contributed by atoms with E-state index in [1.807, 2.05) is 35.7 Å². The lowest BCUT2D eigenvalue weighted by atomic mass is 10.0. The molecular formula is C18H16N2O2S. The minimum atomic E-state index is -0.304. The van der Waals surface area contributed by atoms with Gasteiger partial charge in [0.05, 0.1) is 11.7 Å². The Hall–Kier alpha value is -2.40. The Morgan fingerprint density at radius 1 is 1.26 bits per heavy atom. The fraction of sp³-hybridized carbons (Fsp3) is 0.222. The third-order valence-electron chi connectivity index (χ3n) is 4.26. The van der Waals surface area contributed by atoms with Crippen molar-refractivity contribution in [2.75, 3.05) is 0 Å². The van der Waals surface area contributed by atoms with Crippen LogP contribution in [0.25, 0.3) is 11.5 Å². The van der Waals surface area contributed by atoms with E-state index < -0.39 is 0 Å². The van der Waals surface area contributed by atoms with Gasteiger partial charge in [0.15, 0.2) is 5.76 Å². The number of nitrogens with one attached hydrogen (secondary N) is 1. The zero-order chi connectivity index (χ0) is 15.7. The van der Waals surface area contributed by atoms with Crippen LogP contribution in [0, 0.1) is 0 Å². The third kappa shape index (κ3) is 2.57. The summed E-state index contributed by atoms with van der Waals surface area (Å²) in [5, 5.41) is 5.11. The summed E-state index contributed by atoms with van der Waals surface area (Å²) in [6, 6.07) is 11.6. The Morgan fingerprint density at radius 3 is 2.87 bits per heavy atom. The first-order valence-electron chi connectivity index (χ1n) is 7.60.